The molecule has 1 saturated carbocycles. The Labute approximate surface area is 107 Å². The van der Waals surface area contributed by atoms with Gasteiger partial charge in [0.1, 0.15) is 0 Å². The Morgan fingerprint density at radius 2 is 1.94 bits per heavy atom. The summed E-state index contributed by atoms with van der Waals surface area (Å²) in [6, 6.07) is 1.48. The lowest BCUT2D eigenvalue weighted by atomic mass is 9.90. The van der Waals surface area contributed by atoms with Gasteiger partial charge in [0, 0.05) is 18.6 Å². The zero-order chi connectivity index (χ0) is 12.7. The molecule has 0 aliphatic heterocycles. The number of rotatable bonds is 7. The Bertz CT molecular complexity index is 189. The Balaban J connectivity index is 2.17. The summed E-state index contributed by atoms with van der Waals surface area (Å²) in [5.74, 6) is 0. The highest BCUT2D eigenvalue weighted by Gasteiger charge is 2.23. The van der Waals surface area contributed by atoms with Crippen molar-refractivity contribution in [2.24, 2.45) is 0 Å². The summed E-state index contributed by atoms with van der Waals surface area (Å²) in [5.41, 5.74) is 0. The third-order valence-corrected chi connectivity index (χ3v) is 3.90. The van der Waals surface area contributed by atoms with E-state index in [1.165, 1.54) is 32.1 Å². The highest BCUT2D eigenvalue weighted by Crippen LogP contribution is 2.22. The van der Waals surface area contributed by atoms with E-state index in [1.54, 1.807) is 0 Å². The summed E-state index contributed by atoms with van der Waals surface area (Å²) in [6.45, 7) is 6.28. The standard InChI is InChI=1S/C14H30N2O/c1-4-10-15-13-5-7-14(8-6-13)16(3)11-9-12(2)17/h12-15,17H,4-11H2,1-3H3. The molecule has 3 heteroatoms. The van der Waals surface area contributed by atoms with Gasteiger partial charge in [0.2, 0.25) is 0 Å². The van der Waals surface area contributed by atoms with Crippen LogP contribution < -0.4 is 5.32 Å². The molecule has 1 rings (SSSR count). The van der Waals surface area contributed by atoms with Crippen LogP contribution in [0.3, 0.4) is 0 Å². The van der Waals surface area contributed by atoms with Crippen LogP contribution in [0.1, 0.15) is 52.4 Å². The third-order valence-electron chi connectivity index (χ3n) is 3.90. The van der Waals surface area contributed by atoms with Gasteiger partial charge in [-0.15, -0.1) is 0 Å². The molecule has 0 saturated heterocycles. The summed E-state index contributed by atoms with van der Waals surface area (Å²) in [7, 11) is 2.20. The zero-order valence-electron chi connectivity index (χ0n) is 11.8. The molecule has 0 amide bonds. The Hall–Kier alpha value is -0.120. The molecule has 1 fully saturated rings. The molecule has 102 valence electrons. The summed E-state index contributed by atoms with van der Waals surface area (Å²) >= 11 is 0. The van der Waals surface area contributed by atoms with Gasteiger partial charge in [0.25, 0.3) is 0 Å². The van der Waals surface area contributed by atoms with Crippen molar-refractivity contribution in [2.45, 2.75) is 70.6 Å². The molecular formula is C14H30N2O. The van der Waals surface area contributed by atoms with E-state index in [0.717, 1.165) is 31.6 Å². The predicted molar refractivity (Wildman–Crippen MR) is 73.3 cm³/mol. The lowest BCUT2D eigenvalue weighted by Gasteiger charge is -2.35. The first-order valence-corrected chi connectivity index (χ1v) is 7.25. The third kappa shape index (κ3) is 5.84. The van der Waals surface area contributed by atoms with Gasteiger partial charge in [-0.2, -0.15) is 0 Å². The maximum Gasteiger partial charge on any atom is 0.0524 e. The van der Waals surface area contributed by atoms with Gasteiger partial charge in [-0.25, -0.2) is 0 Å². The first-order valence-electron chi connectivity index (χ1n) is 7.25. The highest BCUT2D eigenvalue weighted by atomic mass is 16.3. The fourth-order valence-corrected chi connectivity index (χ4v) is 2.64. The molecule has 0 heterocycles. The second kappa shape index (κ2) is 8.06. The van der Waals surface area contributed by atoms with Gasteiger partial charge >= 0.3 is 0 Å². The molecule has 1 aliphatic rings. The second-order valence-corrected chi connectivity index (χ2v) is 5.58. The van der Waals surface area contributed by atoms with E-state index in [2.05, 4.69) is 24.2 Å². The molecular weight excluding hydrogens is 212 g/mol. The predicted octanol–water partition coefficient (Wildman–Crippen LogP) is 2.00. The van der Waals surface area contributed by atoms with Gasteiger partial charge in [-0.3, -0.25) is 0 Å². The molecule has 0 aromatic rings. The Morgan fingerprint density at radius 1 is 1.29 bits per heavy atom. The molecule has 0 radical (unpaired) electrons. The number of nitrogens with one attached hydrogen (secondary N) is 1. The number of aliphatic hydroxyl groups is 1. The average Bonchev–Trinajstić information content (AvgIpc) is 2.34. The molecule has 2 N–H and O–H groups in total. The van der Waals surface area contributed by atoms with E-state index in [4.69, 9.17) is 0 Å². The number of hydrogen-bond acceptors (Lipinski definition) is 3. The van der Waals surface area contributed by atoms with E-state index in [1.807, 2.05) is 6.92 Å². The molecule has 1 aliphatic carbocycles. The minimum absolute atomic E-state index is 0.167. The van der Waals surface area contributed by atoms with E-state index < -0.39 is 0 Å². The lowest BCUT2D eigenvalue weighted by molar-refractivity contribution is 0.130. The minimum atomic E-state index is -0.167. The quantitative estimate of drug-likeness (QED) is 0.717. The minimum Gasteiger partial charge on any atom is -0.393 e. The number of nitrogens with zero attached hydrogens (tertiary/aromatic N) is 1. The fraction of sp³-hybridized carbons (Fsp3) is 1.00. The van der Waals surface area contributed by atoms with Crippen molar-refractivity contribution in [3.8, 4) is 0 Å². The van der Waals surface area contributed by atoms with Crippen LogP contribution in [0, 0.1) is 0 Å². The maximum atomic E-state index is 9.30. The monoisotopic (exact) mass is 242 g/mol. The van der Waals surface area contributed by atoms with Crippen LogP contribution >= 0.6 is 0 Å². The normalized spacial score (nSPS) is 27.4. The van der Waals surface area contributed by atoms with E-state index in [-0.39, 0.29) is 6.10 Å². The van der Waals surface area contributed by atoms with Crippen LogP contribution in [0.15, 0.2) is 0 Å². The molecule has 0 bridgehead atoms. The van der Waals surface area contributed by atoms with Crippen molar-refractivity contribution < 1.29 is 5.11 Å². The van der Waals surface area contributed by atoms with Crippen molar-refractivity contribution in [1.82, 2.24) is 10.2 Å². The van der Waals surface area contributed by atoms with Crippen molar-refractivity contribution in [1.29, 1.82) is 0 Å². The highest BCUT2D eigenvalue weighted by molar-refractivity contribution is 4.81. The maximum absolute atomic E-state index is 9.30. The Kier molecular flexibility index (Phi) is 7.09. The zero-order valence-corrected chi connectivity index (χ0v) is 11.8. The van der Waals surface area contributed by atoms with Crippen molar-refractivity contribution in [3.63, 3.8) is 0 Å². The van der Waals surface area contributed by atoms with Crippen molar-refractivity contribution in [3.05, 3.63) is 0 Å². The number of aliphatic hydroxyl groups excluding tert-OH is 1. The summed E-state index contributed by atoms with van der Waals surface area (Å²) in [6.07, 6.45) is 7.18. The average molecular weight is 242 g/mol. The number of hydrogen-bond donors (Lipinski definition) is 2. The van der Waals surface area contributed by atoms with E-state index >= 15 is 0 Å². The van der Waals surface area contributed by atoms with Gasteiger partial charge < -0.3 is 15.3 Å². The topological polar surface area (TPSA) is 35.5 Å². The molecule has 1 unspecified atom stereocenters. The molecule has 17 heavy (non-hydrogen) atoms. The molecule has 0 spiro atoms. The first-order chi connectivity index (χ1) is 8.13. The second-order valence-electron chi connectivity index (χ2n) is 5.58. The van der Waals surface area contributed by atoms with Crippen LogP contribution in [0.5, 0.6) is 0 Å². The van der Waals surface area contributed by atoms with Crippen LogP contribution in [0.4, 0.5) is 0 Å². The van der Waals surface area contributed by atoms with Crippen LogP contribution in [0.25, 0.3) is 0 Å². The van der Waals surface area contributed by atoms with Gasteiger partial charge in [0.15, 0.2) is 0 Å². The Morgan fingerprint density at radius 3 is 2.47 bits per heavy atom. The fourth-order valence-electron chi connectivity index (χ4n) is 2.64. The van der Waals surface area contributed by atoms with Crippen LogP contribution in [-0.2, 0) is 0 Å². The van der Waals surface area contributed by atoms with Gasteiger partial charge in [-0.1, -0.05) is 6.92 Å². The lowest BCUT2D eigenvalue weighted by Crippen LogP contribution is -2.41. The largest absolute Gasteiger partial charge is 0.393 e. The van der Waals surface area contributed by atoms with Crippen LogP contribution in [0.2, 0.25) is 0 Å². The van der Waals surface area contributed by atoms with Crippen LogP contribution in [-0.4, -0.2) is 48.3 Å². The summed E-state index contributed by atoms with van der Waals surface area (Å²) in [5, 5.41) is 12.9. The molecule has 0 aromatic heterocycles. The van der Waals surface area contributed by atoms with Gasteiger partial charge in [-0.05, 0) is 59.0 Å². The van der Waals surface area contributed by atoms with Crippen molar-refractivity contribution >= 4 is 0 Å². The van der Waals surface area contributed by atoms with E-state index in [0.29, 0.717) is 0 Å². The smallest absolute Gasteiger partial charge is 0.0524 e. The molecule has 1 atom stereocenters. The summed E-state index contributed by atoms with van der Waals surface area (Å²) in [4.78, 5) is 2.43. The summed E-state index contributed by atoms with van der Waals surface area (Å²) < 4.78 is 0. The van der Waals surface area contributed by atoms with E-state index in [9.17, 15) is 5.11 Å². The first kappa shape index (κ1) is 14.9. The SMILES string of the molecule is CCCNC1CCC(N(C)CCC(C)O)CC1. The van der Waals surface area contributed by atoms with Gasteiger partial charge in [0.05, 0.1) is 6.10 Å². The molecule has 3 nitrogen and oxygen atoms in total. The van der Waals surface area contributed by atoms with Crippen molar-refractivity contribution in [2.75, 3.05) is 20.1 Å². The molecule has 0 aromatic carbocycles.